The molecule has 5 rings (SSSR count). The van der Waals surface area contributed by atoms with Crippen molar-refractivity contribution in [3.8, 4) is 0 Å². The SMILES string of the molecule is CCCOC(=O)c1ccc(N2C(=O)C(Cl)=C(Nc3ccc(C(=O)Nc4cccc5ccccc45)cc3)C2=O)cc1. The molecule has 0 fully saturated rings. The van der Waals surface area contributed by atoms with Crippen molar-refractivity contribution in [2.45, 2.75) is 13.3 Å². The van der Waals surface area contributed by atoms with E-state index in [9.17, 15) is 19.2 Å². The van der Waals surface area contributed by atoms with Crippen LogP contribution in [-0.4, -0.2) is 30.3 Å². The van der Waals surface area contributed by atoms with Gasteiger partial charge in [0.15, 0.2) is 0 Å². The molecule has 2 N–H and O–H groups in total. The zero-order valence-electron chi connectivity index (χ0n) is 21.4. The Morgan fingerprint density at radius 1 is 0.825 bits per heavy atom. The first-order valence-corrected chi connectivity index (χ1v) is 13.0. The summed E-state index contributed by atoms with van der Waals surface area (Å²) in [6, 6.07) is 25.8. The molecule has 4 aromatic rings. The Labute approximate surface area is 235 Å². The van der Waals surface area contributed by atoms with Crippen molar-refractivity contribution < 1.29 is 23.9 Å². The van der Waals surface area contributed by atoms with Crippen molar-refractivity contribution >= 4 is 63.1 Å². The molecule has 1 heterocycles. The molecule has 200 valence electrons. The predicted octanol–water partition coefficient (Wildman–Crippen LogP) is 6.09. The van der Waals surface area contributed by atoms with E-state index in [0.717, 1.165) is 15.7 Å². The molecule has 0 radical (unpaired) electrons. The van der Waals surface area contributed by atoms with Gasteiger partial charge >= 0.3 is 5.97 Å². The van der Waals surface area contributed by atoms with Crippen molar-refractivity contribution in [1.82, 2.24) is 0 Å². The molecule has 0 bridgehead atoms. The minimum Gasteiger partial charge on any atom is -0.462 e. The summed E-state index contributed by atoms with van der Waals surface area (Å²) in [7, 11) is 0. The Hall–Kier alpha value is -4.95. The molecule has 40 heavy (non-hydrogen) atoms. The Kier molecular flexibility index (Phi) is 7.61. The number of fused-ring (bicyclic) bond motifs is 1. The van der Waals surface area contributed by atoms with E-state index in [4.69, 9.17) is 16.3 Å². The summed E-state index contributed by atoms with van der Waals surface area (Å²) in [6.07, 6.45) is 0.696. The summed E-state index contributed by atoms with van der Waals surface area (Å²) in [4.78, 5) is 51.8. The number of hydrogen-bond acceptors (Lipinski definition) is 6. The number of hydrogen-bond donors (Lipinski definition) is 2. The fourth-order valence-corrected chi connectivity index (χ4v) is 4.46. The Morgan fingerprint density at radius 2 is 1.50 bits per heavy atom. The van der Waals surface area contributed by atoms with Gasteiger partial charge in [-0.1, -0.05) is 54.9 Å². The third kappa shape index (κ3) is 5.30. The van der Waals surface area contributed by atoms with Crippen LogP contribution in [0.15, 0.2) is 102 Å². The van der Waals surface area contributed by atoms with Crippen molar-refractivity contribution in [1.29, 1.82) is 0 Å². The number of amides is 3. The number of rotatable bonds is 8. The summed E-state index contributed by atoms with van der Waals surface area (Å²) >= 11 is 6.24. The van der Waals surface area contributed by atoms with E-state index in [1.54, 1.807) is 24.3 Å². The lowest BCUT2D eigenvalue weighted by molar-refractivity contribution is -0.120. The topological polar surface area (TPSA) is 105 Å². The molecular formula is C31H24ClN3O5. The lowest BCUT2D eigenvalue weighted by Gasteiger charge is -2.15. The Bertz CT molecular complexity index is 1660. The fourth-order valence-electron chi connectivity index (χ4n) is 4.25. The molecule has 3 amide bonds. The highest BCUT2D eigenvalue weighted by molar-refractivity contribution is 6.53. The maximum atomic E-state index is 13.1. The number of halogens is 1. The zero-order valence-corrected chi connectivity index (χ0v) is 22.2. The highest BCUT2D eigenvalue weighted by Gasteiger charge is 2.39. The summed E-state index contributed by atoms with van der Waals surface area (Å²) in [5, 5.41) is 7.50. The van der Waals surface area contributed by atoms with Gasteiger partial charge in [0.05, 0.1) is 17.9 Å². The minimum absolute atomic E-state index is 0.0916. The number of carbonyl (C=O) groups is 4. The van der Waals surface area contributed by atoms with E-state index in [0.29, 0.717) is 35.5 Å². The molecular weight excluding hydrogens is 530 g/mol. The summed E-state index contributed by atoms with van der Waals surface area (Å²) in [5.74, 6) is -2.11. The molecule has 0 aliphatic carbocycles. The summed E-state index contributed by atoms with van der Waals surface area (Å²) in [6.45, 7) is 2.19. The molecule has 0 spiro atoms. The maximum Gasteiger partial charge on any atom is 0.338 e. The van der Waals surface area contributed by atoms with Crippen LogP contribution < -0.4 is 15.5 Å². The van der Waals surface area contributed by atoms with Crippen LogP contribution in [0.4, 0.5) is 17.1 Å². The molecule has 9 heteroatoms. The van der Waals surface area contributed by atoms with Gasteiger partial charge < -0.3 is 15.4 Å². The van der Waals surface area contributed by atoms with Gasteiger partial charge in [0.25, 0.3) is 17.7 Å². The summed E-state index contributed by atoms with van der Waals surface area (Å²) in [5.41, 5.74) is 2.04. The first-order chi connectivity index (χ1) is 19.4. The van der Waals surface area contributed by atoms with Crippen LogP contribution in [0, 0.1) is 0 Å². The van der Waals surface area contributed by atoms with Crippen molar-refractivity contribution in [3.05, 3.63) is 113 Å². The Morgan fingerprint density at radius 3 is 2.23 bits per heavy atom. The molecule has 8 nitrogen and oxygen atoms in total. The first-order valence-electron chi connectivity index (χ1n) is 12.6. The number of ether oxygens (including phenoxy) is 1. The van der Waals surface area contributed by atoms with Crippen LogP contribution in [-0.2, 0) is 14.3 Å². The highest BCUT2D eigenvalue weighted by atomic mass is 35.5. The van der Waals surface area contributed by atoms with Crippen LogP contribution in [0.5, 0.6) is 0 Å². The van der Waals surface area contributed by atoms with Gasteiger partial charge in [-0.15, -0.1) is 0 Å². The lowest BCUT2D eigenvalue weighted by Crippen LogP contribution is -2.32. The fraction of sp³-hybridized carbons (Fsp3) is 0.0968. The van der Waals surface area contributed by atoms with Gasteiger partial charge in [-0.3, -0.25) is 14.4 Å². The average Bonchev–Trinajstić information content (AvgIpc) is 3.19. The van der Waals surface area contributed by atoms with Gasteiger partial charge in [0.1, 0.15) is 10.7 Å². The Balaban J connectivity index is 1.27. The molecule has 0 aromatic heterocycles. The van der Waals surface area contributed by atoms with Crippen LogP contribution in [0.25, 0.3) is 10.8 Å². The largest absolute Gasteiger partial charge is 0.462 e. The van der Waals surface area contributed by atoms with Gasteiger partial charge in [-0.25, -0.2) is 9.69 Å². The minimum atomic E-state index is -0.693. The standard InChI is InChI=1S/C31H24ClN3O5/c1-2-18-40-31(39)21-12-16-23(17-13-21)35-29(37)26(32)27(30(35)38)33-22-14-10-20(11-15-22)28(36)34-25-9-5-7-19-6-3-4-8-24(19)25/h3-17,33H,2,18H2,1H3,(H,34,36). The average molecular weight is 554 g/mol. The second-order valence-corrected chi connectivity index (χ2v) is 9.38. The number of anilines is 3. The van der Waals surface area contributed by atoms with E-state index in [2.05, 4.69) is 10.6 Å². The van der Waals surface area contributed by atoms with Crippen LogP contribution >= 0.6 is 11.6 Å². The lowest BCUT2D eigenvalue weighted by atomic mass is 10.1. The second kappa shape index (κ2) is 11.4. The molecule has 4 aromatic carbocycles. The van der Waals surface area contributed by atoms with E-state index < -0.39 is 17.8 Å². The molecule has 0 saturated heterocycles. The van der Waals surface area contributed by atoms with Crippen molar-refractivity contribution in [2.24, 2.45) is 0 Å². The molecule has 1 aliphatic heterocycles. The molecule has 0 saturated carbocycles. The molecule has 0 atom stereocenters. The quantitative estimate of drug-likeness (QED) is 0.202. The summed E-state index contributed by atoms with van der Waals surface area (Å²) < 4.78 is 5.10. The monoisotopic (exact) mass is 553 g/mol. The van der Waals surface area contributed by atoms with Crippen molar-refractivity contribution in [3.63, 3.8) is 0 Å². The van der Waals surface area contributed by atoms with E-state index in [1.165, 1.54) is 24.3 Å². The van der Waals surface area contributed by atoms with Gasteiger partial charge in [-0.05, 0) is 66.4 Å². The maximum absolute atomic E-state index is 13.1. The number of nitrogens with one attached hydrogen (secondary N) is 2. The molecule has 1 aliphatic rings. The normalized spacial score (nSPS) is 13.1. The third-order valence-electron chi connectivity index (χ3n) is 6.28. The number of carbonyl (C=O) groups excluding carboxylic acids is 4. The number of imide groups is 1. The van der Waals surface area contributed by atoms with Gasteiger partial charge in [-0.2, -0.15) is 0 Å². The number of benzene rings is 4. The highest BCUT2D eigenvalue weighted by Crippen LogP contribution is 2.31. The van der Waals surface area contributed by atoms with Gasteiger partial charge in [0, 0.05) is 22.3 Å². The van der Waals surface area contributed by atoms with Crippen molar-refractivity contribution in [2.75, 3.05) is 22.1 Å². The second-order valence-electron chi connectivity index (χ2n) is 9.00. The van der Waals surface area contributed by atoms with E-state index in [-0.39, 0.29) is 22.3 Å². The molecule has 0 unspecified atom stereocenters. The first kappa shape index (κ1) is 26.6. The van der Waals surface area contributed by atoms with E-state index >= 15 is 0 Å². The number of nitrogens with zero attached hydrogens (tertiary/aromatic N) is 1. The van der Waals surface area contributed by atoms with E-state index in [1.807, 2.05) is 49.4 Å². The zero-order chi connectivity index (χ0) is 28.2. The smallest absolute Gasteiger partial charge is 0.338 e. The van der Waals surface area contributed by atoms with Gasteiger partial charge in [0.2, 0.25) is 0 Å². The van der Waals surface area contributed by atoms with Crippen LogP contribution in [0.3, 0.4) is 0 Å². The van der Waals surface area contributed by atoms with Crippen LogP contribution in [0.2, 0.25) is 0 Å². The predicted molar refractivity (Wildman–Crippen MR) is 154 cm³/mol. The third-order valence-corrected chi connectivity index (χ3v) is 6.63. The van der Waals surface area contributed by atoms with Crippen LogP contribution in [0.1, 0.15) is 34.1 Å². The number of esters is 1.